The van der Waals surface area contributed by atoms with E-state index in [-0.39, 0.29) is 0 Å². The lowest BCUT2D eigenvalue weighted by Gasteiger charge is -2.38. The van der Waals surface area contributed by atoms with Crippen LogP contribution >= 0.6 is 0 Å². The van der Waals surface area contributed by atoms with Crippen LogP contribution in [0.5, 0.6) is 0 Å². The van der Waals surface area contributed by atoms with E-state index in [0.717, 1.165) is 23.7 Å². The summed E-state index contributed by atoms with van der Waals surface area (Å²) in [7, 11) is 0. The number of rotatable bonds is 4. The highest BCUT2D eigenvalue weighted by molar-refractivity contribution is 5.19. The summed E-state index contributed by atoms with van der Waals surface area (Å²) in [4.78, 5) is 0. The van der Waals surface area contributed by atoms with Crippen molar-refractivity contribution < 1.29 is 0 Å². The maximum atomic E-state index is 3.90. The SMILES string of the molecule is C=CCC1CCC(C2CCC(c3ccccc3)CC2)CC1. The molecular weight excluding hydrogens is 252 g/mol. The Hall–Kier alpha value is -1.04. The Labute approximate surface area is 130 Å². The molecule has 0 aromatic heterocycles. The highest BCUT2D eigenvalue weighted by atomic mass is 14.4. The van der Waals surface area contributed by atoms with Crippen LogP contribution in [0.1, 0.15) is 69.3 Å². The van der Waals surface area contributed by atoms with Gasteiger partial charge in [-0.25, -0.2) is 0 Å². The fourth-order valence-corrected chi connectivity index (χ4v) is 4.78. The number of allylic oxidation sites excluding steroid dienone is 1. The Bertz CT molecular complexity index is 417. The molecule has 0 heterocycles. The van der Waals surface area contributed by atoms with Crippen molar-refractivity contribution in [3.63, 3.8) is 0 Å². The first-order valence-corrected chi connectivity index (χ1v) is 9.02. The average molecular weight is 282 g/mol. The molecule has 2 aliphatic rings. The van der Waals surface area contributed by atoms with E-state index in [1.807, 2.05) is 0 Å². The lowest BCUT2D eigenvalue weighted by atomic mass is 9.68. The molecule has 0 radical (unpaired) electrons. The van der Waals surface area contributed by atoms with E-state index in [9.17, 15) is 0 Å². The molecule has 0 spiro atoms. The molecule has 21 heavy (non-hydrogen) atoms. The first-order valence-electron chi connectivity index (χ1n) is 9.02. The molecule has 0 amide bonds. The largest absolute Gasteiger partial charge is 0.103 e. The average Bonchev–Trinajstić information content (AvgIpc) is 2.57. The van der Waals surface area contributed by atoms with E-state index in [0.29, 0.717) is 0 Å². The Morgan fingerprint density at radius 1 is 0.810 bits per heavy atom. The summed E-state index contributed by atoms with van der Waals surface area (Å²) in [5.41, 5.74) is 1.57. The smallest absolute Gasteiger partial charge is 0.0162 e. The molecule has 0 nitrogen and oxygen atoms in total. The summed E-state index contributed by atoms with van der Waals surface area (Å²) in [6.07, 6.45) is 15.0. The van der Waals surface area contributed by atoms with Gasteiger partial charge in [-0.2, -0.15) is 0 Å². The van der Waals surface area contributed by atoms with Crippen molar-refractivity contribution in [1.82, 2.24) is 0 Å². The van der Waals surface area contributed by atoms with Gasteiger partial charge >= 0.3 is 0 Å². The molecule has 0 aliphatic heterocycles. The molecule has 2 aliphatic carbocycles. The first-order chi connectivity index (χ1) is 10.4. The molecule has 1 aromatic rings. The van der Waals surface area contributed by atoms with Crippen LogP contribution in [0.25, 0.3) is 0 Å². The zero-order valence-electron chi connectivity index (χ0n) is 13.3. The summed E-state index contributed by atoms with van der Waals surface area (Å²) in [6.45, 7) is 3.90. The predicted molar refractivity (Wildman–Crippen MR) is 91.4 cm³/mol. The van der Waals surface area contributed by atoms with E-state index in [2.05, 4.69) is 43.0 Å². The summed E-state index contributed by atoms with van der Waals surface area (Å²) in [5, 5.41) is 0. The summed E-state index contributed by atoms with van der Waals surface area (Å²) >= 11 is 0. The third-order valence-corrected chi connectivity index (χ3v) is 6.10. The minimum Gasteiger partial charge on any atom is -0.103 e. The quantitative estimate of drug-likeness (QED) is 0.565. The fraction of sp³-hybridized carbons (Fsp3) is 0.619. The maximum absolute atomic E-state index is 3.90. The second-order valence-corrected chi connectivity index (χ2v) is 7.33. The van der Waals surface area contributed by atoms with Gasteiger partial charge in [0.15, 0.2) is 0 Å². The Morgan fingerprint density at radius 2 is 1.38 bits per heavy atom. The highest BCUT2D eigenvalue weighted by Gasteiger charge is 2.30. The zero-order valence-corrected chi connectivity index (χ0v) is 13.3. The Morgan fingerprint density at radius 3 is 1.95 bits per heavy atom. The third-order valence-electron chi connectivity index (χ3n) is 6.10. The van der Waals surface area contributed by atoms with Crippen LogP contribution in [-0.2, 0) is 0 Å². The second-order valence-electron chi connectivity index (χ2n) is 7.33. The van der Waals surface area contributed by atoms with Crippen LogP contribution in [0, 0.1) is 17.8 Å². The van der Waals surface area contributed by atoms with Crippen LogP contribution in [0.3, 0.4) is 0 Å². The van der Waals surface area contributed by atoms with Gasteiger partial charge in [-0.15, -0.1) is 6.58 Å². The molecule has 0 unspecified atom stereocenters. The zero-order chi connectivity index (χ0) is 14.5. The highest BCUT2D eigenvalue weighted by Crippen LogP contribution is 2.44. The van der Waals surface area contributed by atoms with Crippen molar-refractivity contribution >= 4 is 0 Å². The van der Waals surface area contributed by atoms with Gasteiger partial charge in [0.1, 0.15) is 0 Å². The van der Waals surface area contributed by atoms with E-state index >= 15 is 0 Å². The molecule has 0 atom stereocenters. The monoisotopic (exact) mass is 282 g/mol. The van der Waals surface area contributed by atoms with Gasteiger partial charge in [0, 0.05) is 0 Å². The Kier molecular flexibility index (Phi) is 5.17. The summed E-state index contributed by atoms with van der Waals surface area (Å²) < 4.78 is 0. The number of hydrogen-bond acceptors (Lipinski definition) is 0. The van der Waals surface area contributed by atoms with Gasteiger partial charge in [0.05, 0.1) is 0 Å². The number of hydrogen-bond donors (Lipinski definition) is 0. The lowest BCUT2D eigenvalue weighted by Crippen LogP contribution is -2.25. The molecule has 0 bridgehead atoms. The molecule has 1 aromatic carbocycles. The van der Waals surface area contributed by atoms with Crippen molar-refractivity contribution in [2.75, 3.05) is 0 Å². The van der Waals surface area contributed by atoms with Crippen LogP contribution in [0.4, 0.5) is 0 Å². The van der Waals surface area contributed by atoms with E-state index in [1.54, 1.807) is 5.56 Å². The molecule has 0 N–H and O–H groups in total. The van der Waals surface area contributed by atoms with E-state index in [4.69, 9.17) is 0 Å². The topological polar surface area (TPSA) is 0 Å². The van der Waals surface area contributed by atoms with Crippen LogP contribution < -0.4 is 0 Å². The van der Waals surface area contributed by atoms with Gasteiger partial charge in [-0.05, 0) is 87.0 Å². The second kappa shape index (κ2) is 7.29. The van der Waals surface area contributed by atoms with Crippen molar-refractivity contribution in [1.29, 1.82) is 0 Å². The molecule has 114 valence electrons. The lowest BCUT2D eigenvalue weighted by molar-refractivity contribution is 0.161. The predicted octanol–water partition coefficient (Wildman–Crippen LogP) is 6.34. The normalized spacial score (nSPS) is 33.5. The first kappa shape index (κ1) is 14.9. The number of benzene rings is 1. The standard InChI is InChI=1S/C21H30/c1-2-6-17-9-11-19(12-10-17)21-15-13-20(14-16-21)18-7-4-3-5-8-18/h2-5,7-8,17,19-21H,1,6,9-16H2. The molecule has 2 saturated carbocycles. The van der Waals surface area contributed by atoms with Crippen LogP contribution in [0.15, 0.2) is 43.0 Å². The van der Waals surface area contributed by atoms with Gasteiger partial charge < -0.3 is 0 Å². The van der Waals surface area contributed by atoms with Crippen molar-refractivity contribution in [3.05, 3.63) is 48.6 Å². The summed E-state index contributed by atoms with van der Waals surface area (Å²) in [6, 6.07) is 11.2. The molecular formula is C21H30. The molecule has 2 fully saturated rings. The van der Waals surface area contributed by atoms with Gasteiger partial charge in [-0.3, -0.25) is 0 Å². The van der Waals surface area contributed by atoms with E-state index in [1.165, 1.54) is 57.8 Å². The van der Waals surface area contributed by atoms with Gasteiger partial charge in [-0.1, -0.05) is 36.4 Å². The van der Waals surface area contributed by atoms with Gasteiger partial charge in [0.2, 0.25) is 0 Å². The van der Waals surface area contributed by atoms with E-state index < -0.39 is 0 Å². The molecule has 0 heteroatoms. The van der Waals surface area contributed by atoms with Crippen molar-refractivity contribution in [2.24, 2.45) is 17.8 Å². The third kappa shape index (κ3) is 3.78. The fourth-order valence-electron chi connectivity index (χ4n) is 4.78. The molecule has 0 saturated heterocycles. The minimum absolute atomic E-state index is 0.833. The summed E-state index contributed by atoms with van der Waals surface area (Å²) in [5.74, 6) is 3.83. The Balaban J connectivity index is 1.47. The maximum Gasteiger partial charge on any atom is -0.0162 e. The van der Waals surface area contributed by atoms with Crippen molar-refractivity contribution in [2.45, 2.75) is 63.7 Å². The van der Waals surface area contributed by atoms with Gasteiger partial charge in [0.25, 0.3) is 0 Å². The van der Waals surface area contributed by atoms with Crippen LogP contribution in [-0.4, -0.2) is 0 Å². The molecule has 3 rings (SSSR count). The minimum atomic E-state index is 0.833. The van der Waals surface area contributed by atoms with Crippen LogP contribution in [0.2, 0.25) is 0 Å². The van der Waals surface area contributed by atoms with Crippen molar-refractivity contribution in [3.8, 4) is 0 Å².